The maximum Gasteiger partial charge on any atom is 0.194 e. The maximum absolute atomic E-state index is 11.9. The molecule has 0 amide bonds. The number of thiophene rings is 5. The van der Waals surface area contributed by atoms with E-state index < -0.39 is 0 Å². The number of ketones is 1. The van der Waals surface area contributed by atoms with Crippen molar-refractivity contribution in [1.29, 1.82) is 0 Å². The highest BCUT2D eigenvalue weighted by atomic mass is 32.1. The van der Waals surface area contributed by atoms with Crippen molar-refractivity contribution in [3.63, 3.8) is 0 Å². The molecule has 28 rings (SSSR count). The molecule has 0 saturated carbocycles. The molecule has 9 nitrogen and oxygen atoms in total. The Kier molecular flexibility index (Phi) is 23.8. The van der Waals surface area contributed by atoms with Crippen LogP contribution in [0.15, 0.2) is 424 Å². The second-order valence-electron chi connectivity index (χ2n) is 28.4. The van der Waals surface area contributed by atoms with Crippen LogP contribution in [0.5, 0.6) is 0 Å². The lowest BCUT2D eigenvalue weighted by atomic mass is 9.86. The minimum absolute atomic E-state index is 0.149. The van der Waals surface area contributed by atoms with Crippen LogP contribution in [0.2, 0.25) is 0 Å². The van der Waals surface area contributed by atoms with Crippen molar-refractivity contribution in [3.05, 3.63) is 444 Å². The van der Waals surface area contributed by atoms with E-state index in [0.717, 1.165) is 56.5 Å². The number of furan rings is 3. The van der Waals surface area contributed by atoms with E-state index in [2.05, 4.69) is 272 Å². The zero-order valence-electron chi connectivity index (χ0n) is 65.1. The average molecular weight is 1650 g/mol. The van der Waals surface area contributed by atoms with E-state index in [-0.39, 0.29) is 5.78 Å². The average Bonchev–Trinajstić information content (AvgIpc) is 1.60. The highest BCUT2D eigenvalue weighted by Gasteiger charge is 2.25. The topological polar surface area (TPSA) is 135 Å². The van der Waals surface area contributed by atoms with Gasteiger partial charge in [0.2, 0.25) is 0 Å². The molecule has 0 bridgehead atoms. The van der Waals surface area contributed by atoms with E-state index in [0.29, 0.717) is 0 Å². The van der Waals surface area contributed by atoms with Gasteiger partial charge >= 0.3 is 0 Å². The van der Waals surface area contributed by atoms with Crippen molar-refractivity contribution < 1.29 is 18.0 Å². The summed E-state index contributed by atoms with van der Waals surface area (Å²) in [5.41, 5.74) is 26.3. The number of benzene rings is 12. The molecular formula is C106H79N5O4S5. The van der Waals surface area contributed by atoms with Gasteiger partial charge in [-0.15, -0.1) is 56.7 Å². The summed E-state index contributed by atoms with van der Waals surface area (Å²) in [5, 5.41) is 16.1. The number of fused-ring (bicyclic) bond motifs is 23. The van der Waals surface area contributed by atoms with Crippen molar-refractivity contribution in [1.82, 2.24) is 24.9 Å². The molecule has 3 aliphatic carbocycles. The molecule has 120 heavy (non-hydrogen) atoms. The molecular weight excluding hydrogens is 1570 g/mol. The first-order valence-electron chi connectivity index (χ1n) is 39.6. The summed E-state index contributed by atoms with van der Waals surface area (Å²) < 4.78 is 23.9. The second-order valence-corrected chi connectivity index (χ2v) is 33.3. The molecule has 582 valence electrons. The fourth-order valence-corrected chi connectivity index (χ4v) is 19.7. The van der Waals surface area contributed by atoms with Gasteiger partial charge in [0.15, 0.2) is 11.4 Å². The lowest BCUT2D eigenvalue weighted by Crippen LogP contribution is -2.02. The highest BCUT2D eigenvalue weighted by molar-refractivity contribution is 7.26. The predicted molar refractivity (Wildman–Crippen MR) is 511 cm³/mol. The van der Waals surface area contributed by atoms with Crippen molar-refractivity contribution in [3.8, 4) is 33.4 Å². The molecule has 12 aromatic carbocycles. The number of aromatic nitrogens is 5. The van der Waals surface area contributed by atoms with Crippen molar-refractivity contribution >= 4 is 178 Å². The molecule has 5 N–H and O–H groups in total. The number of carbonyl (C=O) groups is 1. The van der Waals surface area contributed by atoms with Gasteiger partial charge in [-0.3, -0.25) is 4.79 Å². The number of nitrogens with one attached hydrogen (secondary N) is 5. The Morgan fingerprint density at radius 2 is 0.617 bits per heavy atom. The van der Waals surface area contributed by atoms with Gasteiger partial charge in [0, 0.05) is 104 Å². The number of carbonyl (C=O) groups excluding carboxylic acids is 1. The van der Waals surface area contributed by atoms with Crippen LogP contribution in [0.4, 0.5) is 0 Å². The molecule has 0 atom stereocenters. The van der Waals surface area contributed by atoms with Crippen molar-refractivity contribution in [2.24, 2.45) is 0 Å². The molecule has 0 aliphatic heterocycles. The first-order valence-corrected chi connectivity index (χ1v) is 44.0. The third kappa shape index (κ3) is 17.5. The summed E-state index contributed by atoms with van der Waals surface area (Å²) in [4.78, 5) is 27.5. The predicted octanol–water partition coefficient (Wildman–Crippen LogP) is 31.5. The highest BCUT2D eigenvalue weighted by Crippen LogP contribution is 2.39. The number of hydrogen-bond donors (Lipinski definition) is 5. The molecule has 3 aliphatic rings. The van der Waals surface area contributed by atoms with Gasteiger partial charge in [-0.25, -0.2) is 0 Å². The van der Waals surface area contributed by atoms with Gasteiger partial charge in [0.25, 0.3) is 0 Å². The lowest BCUT2D eigenvalue weighted by molar-refractivity contribution is 0.104. The number of para-hydroxylation sites is 4. The monoisotopic (exact) mass is 1650 g/mol. The number of hydrogen-bond acceptors (Lipinski definition) is 9. The maximum atomic E-state index is 11.9. The number of aryl methyl sites for hydroxylation is 2. The Labute approximate surface area is 712 Å². The molecule has 0 fully saturated rings. The first-order chi connectivity index (χ1) is 59.5. The van der Waals surface area contributed by atoms with Crippen molar-refractivity contribution in [2.75, 3.05) is 0 Å². The van der Waals surface area contributed by atoms with Crippen molar-refractivity contribution in [2.45, 2.75) is 19.3 Å². The van der Waals surface area contributed by atoms with Gasteiger partial charge in [-0.2, -0.15) is 0 Å². The Bertz CT molecular complexity index is 6490. The zero-order chi connectivity index (χ0) is 80.6. The molecule has 14 heteroatoms. The van der Waals surface area contributed by atoms with Crippen LogP contribution in [0.3, 0.4) is 0 Å². The standard InChI is InChI=1S/C14H12.C13H8O.C13H10.C12H9N.C12H8O.C12H8S.C6H6N2.C6H5NO.C6H5NS.C6H4OS.C6H4S2/c1-3-7-13-11(5-1)9-10-12-6-2-4-8-14(12)13;14-13-11-7-3-1-5-9(11)10-6-2-4-8-12(10)13;1-3-7-12-10(5-1)9-11-6-2-4-8-13(11)12;3*1-3-7-11-9(5-1)10-6-2-4-8-12(10)13-11;1-3-7-6-2-4-8-5(1)6;3*1-3-7-5-2-4-8-6(1)5;1-3-7-6-2-4-8-5(1)6/h1-8H,9-10H2;1-8H;1-8H,9H2;1-8,13H;2*1-8H;1-4,7-8H;2*1-4,7H;2*1-4H. The fourth-order valence-electron chi connectivity index (χ4n) is 15.3. The third-order valence-electron chi connectivity index (χ3n) is 21.1. The first kappa shape index (κ1) is 77.2. The van der Waals surface area contributed by atoms with E-state index in [1.54, 1.807) is 57.9 Å². The minimum atomic E-state index is 0.149. The Hall–Kier alpha value is -14.1. The summed E-state index contributed by atoms with van der Waals surface area (Å²) in [5.74, 6) is 0.149. The third-order valence-corrected chi connectivity index (χ3v) is 25.8. The number of H-pyrrole nitrogens is 5. The van der Waals surface area contributed by atoms with E-state index >= 15 is 0 Å². The summed E-state index contributed by atoms with van der Waals surface area (Å²) in [7, 11) is 0. The zero-order valence-corrected chi connectivity index (χ0v) is 69.1. The molecule has 13 aromatic heterocycles. The summed E-state index contributed by atoms with van der Waals surface area (Å²) in [6.45, 7) is 0. The number of aromatic amines is 5. The smallest absolute Gasteiger partial charge is 0.194 e. The summed E-state index contributed by atoms with van der Waals surface area (Å²) in [6, 6.07) is 121. The quantitative estimate of drug-likeness (QED) is 0.103. The van der Waals surface area contributed by atoms with Gasteiger partial charge in [0.05, 0.1) is 44.0 Å². The van der Waals surface area contributed by atoms with Crippen LogP contribution in [-0.2, 0) is 19.3 Å². The molecule has 13 heterocycles. The van der Waals surface area contributed by atoms with Gasteiger partial charge in [-0.05, 0) is 187 Å². The Morgan fingerprint density at radius 3 is 1.15 bits per heavy atom. The van der Waals surface area contributed by atoms with Crippen LogP contribution in [0, 0.1) is 0 Å². The Balaban J connectivity index is 0.0000000912. The van der Waals surface area contributed by atoms with Crippen LogP contribution in [-0.4, -0.2) is 30.7 Å². The van der Waals surface area contributed by atoms with Gasteiger partial charge in [0.1, 0.15) is 16.7 Å². The van der Waals surface area contributed by atoms with E-state index in [1.807, 2.05) is 163 Å². The van der Waals surface area contributed by atoms with Crippen LogP contribution in [0.1, 0.15) is 38.2 Å². The fraction of sp³-hybridized carbons (Fsp3) is 0.0283. The largest absolute Gasteiger partial charge is 0.463 e. The molecule has 0 spiro atoms. The van der Waals surface area contributed by atoms with Gasteiger partial charge in [-0.1, -0.05) is 255 Å². The van der Waals surface area contributed by atoms with Crippen LogP contribution in [0.25, 0.3) is 149 Å². The molecule has 0 radical (unpaired) electrons. The van der Waals surface area contributed by atoms with E-state index in [9.17, 15) is 4.79 Å². The summed E-state index contributed by atoms with van der Waals surface area (Å²) >= 11 is 8.93. The summed E-state index contributed by atoms with van der Waals surface area (Å²) in [6.07, 6.45) is 14.5. The normalized spacial score (nSPS) is 11.4. The minimum Gasteiger partial charge on any atom is -0.463 e. The van der Waals surface area contributed by atoms with Gasteiger partial charge < -0.3 is 38.2 Å². The second kappa shape index (κ2) is 37.0. The molecule has 25 aromatic rings. The molecule has 0 saturated heterocycles. The van der Waals surface area contributed by atoms with E-state index in [1.165, 1.54) is 145 Å². The van der Waals surface area contributed by atoms with Crippen LogP contribution < -0.4 is 0 Å². The number of rotatable bonds is 0. The van der Waals surface area contributed by atoms with E-state index in [4.69, 9.17) is 13.3 Å². The van der Waals surface area contributed by atoms with Crippen LogP contribution >= 0.6 is 56.7 Å². The SMILES string of the molecule is O=C1c2ccccc2-c2ccccc21.c1cc2[nH]ccc2[nH]1.c1cc2occc2[nH]1.c1cc2sccc2[nH]1.c1cc2sccc2o1.c1cc2sccc2s1.c1ccc2c(c1)CCc1ccccc1-2.c1ccc2c(c1)Cc1ccccc1-2.c1ccc2c(c1)[nH]c1ccccc12.c1ccc2c(c1)oc1ccccc12.c1ccc2c(c1)sc1ccccc12. The molecule has 0 unspecified atom stereocenters. The lowest BCUT2D eigenvalue weighted by Gasteiger charge is -2.19. The Morgan fingerprint density at radius 1 is 0.233 bits per heavy atom.